The van der Waals surface area contributed by atoms with E-state index in [1.807, 2.05) is 25.1 Å². The van der Waals surface area contributed by atoms with E-state index in [1.54, 1.807) is 6.92 Å². The number of carbonyl (C=O) groups is 1. The largest absolute Gasteiger partial charge is 0.490 e. The van der Waals surface area contributed by atoms with Gasteiger partial charge in [-0.3, -0.25) is 4.79 Å². The van der Waals surface area contributed by atoms with E-state index in [-0.39, 0.29) is 11.9 Å². The molecule has 0 spiro atoms. The number of Topliss-reactive ketones (excluding diaryl/α,β-unsaturated/α-hetero) is 1. The second kappa shape index (κ2) is 5.69. The summed E-state index contributed by atoms with van der Waals surface area (Å²) < 4.78 is 5.81. The molecule has 0 aliphatic heterocycles. The summed E-state index contributed by atoms with van der Waals surface area (Å²) in [5.41, 5.74) is 1.77. The van der Waals surface area contributed by atoms with Gasteiger partial charge in [-0.15, -0.1) is 0 Å². The standard InChI is InChI=1S/C14H20O2/c1-5-6-11(3)16-14-8-7-13(12(4)15)9-10(14)2/h7-9,11H,5-6H2,1-4H3. The van der Waals surface area contributed by atoms with Crippen LogP contribution in [-0.2, 0) is 0 Å². The molecule has 0 fully saturated rings. The molecule has 1 atom stereocenters. The average molecular weight is 220 g/mol. The Balaban J connectivity index is 2.79. The topological polar surface area (TPSA) is 26.3 Å². The number of hydrogen-bond acceptors (Lipinski definition) is 2. The van der Waals surface area contributed by atoms with Gasteiger partial charge < -0.3 is 4.74 Å². The van der Waals surface area contributed by atoms with Gasteiger partial charge in [0, 0.05) is 5.56 Å². The maximum atomic E-state index is 11.2. The molecule has 0 aliphatic carbocycles. The van der Waals surface area contributed by atoms with Gasteiger partial charge >= 0.3 is 0 Å². The van der Waals surface area contributed by atoms with Gasteiger partial charge in [0.05, 0.1) is 6.10 Å². The Hall–Kier alpha value is -1.31. The lowest BCUT2D eigenvalue weighted by Crippen LogP contribution is -2.11. The number of benzene rings is 1. The fourth-order valence-electron chi connectivity index (χ4n) is 1.68. The third-order valence-corrected chi connectivity index (χ3v) is 2.60. The molecular weight excluding hydrogens is 200 g/mol. The highest BCUT2D eigenvalue weighted by molar-refractivity contribution is 5.94. The Bertz CT molecular complexity index is 369. The molecule has 1 aromatic rings. The van der Waals surface area contributed by atoms with Crippen LogP contribution in [0, 0.1) is 6.92 Å². The molecule has 0 aliphatic rings. The van der Waals surface area contributed by atoms with Crippen LogP contribution in [0.3, 0.4) is 0 Å². The Morgan fingerprint density at radius 1 is 1.44 bits per heavy atom. The number of aryl methyl sites for hydroxylation is 1. The lowest BCUT2D eigenvalue weighted by Gasteiger charge is -2.16. The summed E-state index contributed by atoms with van der Waals surface area (Å²) in [5, 5.41) is 0. The number of ether oxygens (including phenoxy) is 1. The van der Waals surface area contributed by atoms with Crippen molar-refractivity contribution in [2.75, 3.05) is 0 Å². The van der Waals surface area contributed by atoms with E-state index in [0.717, 1.165) is 29.7 Å². The Morgan fingerprint density at radius 2 is 2.12 bits per heavy atom. The maximum absolute atomic E-state index is 11.2. The molecule has 0 radical (unpaired) electrons. The van der Waals surface area contributed by atoms with Crippen LogP contribution in [0.1, 0.15) is 49.5 Å². The molecule has 1 aromatic carbocycles. The van der Waals surface area contributed by atoms with E-state index in [0.29, 0.717) is 0 Å². The van der Waals surface area contributed by atoms with E-state index >= 15 is 0 Å². The molecule has 1 rings (SSSR count). The quantitative estimate of drug-likeness (QED) is 0.706. The molecule has 0 bridgehead atoms. The summed E-state index contributed by atoms with van der Waals surface area (Å²) in [6.45, 7) is 7.77. The van der Waals surface area contributed by atoms with E-state index < -0.39 is 0 Å². The summed E-state index contributed by atoms with van der Waals surface area (Å²) >= 11 is 0. The van der Waals surface area contributed by atoms with Crippen LogP contribution in [0.15, 0.2) is 18.2 Å². The zero-order chi connectivity index (χ0) is 12.1. The number of rotatable bonds is 5. The molecular formula is C14H20O2. The zero-order valence-electron chi connectivity index (χ0n) is 10.5. The van der Waals surface area contributed by atoms with Crippen LogP contribution < -0.4 is 4.74 Å². The minimum Gasteiger partial charge on any atom is -0.490 e. The van der Waals surface area contributed by atoms with Crippen LogP contribution in [0.4, 0.5) is 0 Å². The highest BCUT2D eigenvalue weighted by Crippen LogP contribution is 2.21. The molecule has 1 unspecified atom stereocenters. The van der Waals surface area contributed by atoms with E-state index in [2.05, 4.69) is 13.8 Å². The molecule has 2 nitrogen and oxygen atoms in total. The highest BCUT2D eigenvalue weighted by Gasteiger charge is 2.07. The molecule has 0 N–H and O–H groups in total. The third-order valence-electron chi connectivity index (χ3n) is 2.60. The Labute approximate surface area is 97.6 Å². The van der Waals surface area contributed by atoms with Crippen LogP contribution in [0.25, 0.3) is 0 Å². The number of carbonyl (C=O) groups excluding carboxylic acids is 1. The summed E-state index contributed by atoms with van der Waals surface area (Å²) in [6, 6.07) is 5.60. The third kappa shape index (κ3) is 3.37. The fourth-order valence-corrected chi connectivity index (χ4v) is 1.68. The van der Waals surface area contributed by atoms with Crippen molar-refractivity contribution in [3.05, 3.63) is 29.3 Å². The Morgan fingerprint density at radius 3 is 2.62 bits per heavy atom. The average Bonchev–Trinajstić information content (AvgIpc) is 2.21. The first kappa shape index (κ1) is 12.8. The van der Waals surface area contributed by atoms with Crippen molar-refractivity contribution in [1.82, 2.24) is 0 Å². The van der Waals surface area contributed by atoms with E-state index in [4.69, 9.17) is 4.74 Å². The molecule has 16 heavy (non-hydrogen) atoms. The first-order valence-corrected chi connectivity index (χ1v) is 5.82. The lowest BCUT2D eigenvalue weighted by atomic mass is 10.1. The van der Waals surface area contributed by atoms with Gasteiger partial charge in [0.2, 0.25) is 0 Å². The minimum atomic E-state index is 0.0938. The van der Waals surface area contributed by atoms with E-state index in [1.165, 1.54) is 0 Å². The van der Waals surface area contributed by atoms with Crippen molar-refractivity contribution in [1.29, 1.82) is 0 Å². The number of ketones is 1. The first-order chi connectivity index (χ1) is 7.54. The SMILES string of the molecule is CCCC(C)Oc1ccc(C(C)=O)cc1C. The predicted molar refractivity (Wildman–Crippen MR) is 66.2 cm³/mol. The summed E-state index contributed by atoms with van der Waals surface area (Å²) in [4.78, 5) is 11.2. The van der Waals surface area contributed by atoms with Crippen LogP contribution in [0.2, 0.25) is 0 Å². The Kier molecular flexibility index (Phi) is 4.53. The molecule has 0 saturated carbocycles. The van der Waals surface area contributed by atoms with Crippen molar-refractivity contribution in [2.24, 2.45) is 0 Å². The molecule has 0 heterocycles. The molecule has 88 valence electrons. The van der Waals surface area contributed by atoms with Crippen molar-refractivity contribution in [2.45, 2.75) is 46.6 Å². The predicted octanol–water partition coefficient (Wildman–Crippen LogP) is 3.77. The molecule has 0 aromatic heterocycles. The van der Waals surface area contributed by atoms with Gasteiger partial charge in [0.1, 0.15) is 5.75 Å². The molecule has 0 amide bonds. The first-order valence-electron chi connectivity index (χ1n) is 5.82. The van der Waals surface area contributed by atoms with Crippen LogP contribution in [-0.4, -0.2) is 11.9 Å². The van der Waals surface area contributed by atoms with Gasteiger partial charge in [0.25, 0.3) is 0 Å². The lowest BCUT2D eigenvalue weighted by molar-refractivity contribution is 0.101. The van der Waals surface area contributed by atoms with Gasteiger partial charge in [-0.25, -0.2) is 0 Å². The molecule has 2 heteroatoms. The second-order valence-electron chi connectivity index (χ2n) is 4.25. The summed E-state index contributed by atoms with van der Waals surface area (Å²) in [7, 11) is 0. The van der Waals surface area contributed by atoms with Crippen molar-refractivity contribution >= 4 is 5.78 Å². The smallest absolute Gasteiger partial charge is 0.159 e. The zero-order valence-corrected chi connectivity index (χ0v) is 10.5. The number of hydrogen-bond donors (Lipinski definition) is 0. The maximum Gasteiger partial charge on any atom is 0.159 e. The van der Waals surface area contributed by atoms with Gasteiger partial charge in [-0.05, 0) is 51.0 Å². The monoisotopic (exact) mass is 220 g/mol. The van der Waals surface area contributed by atoms with Crippen molar-refractivity contribution < 1.29 is 9.53 Å². The second-order valence-corrected chi connectivity index (χ2v) is 4.25. The van der Waals surface area contributed by atoms with Gasteiger partial charge in [-0.1, -0.05) is 13.3 Å². The van der Waals surface area contributed by atoms with Crippen LogP contribution >= 0.6 is 0 Å². The summed E-state index contributed by atoms with van der Waals surface area (Å²) in [5.74, 6) is 0.974. The normalized spacial score (nSPS) is 12.2. The van der Waals surface area contributed by atoms with Gasteiger partial charge in [0.15, 0.2) is 5.78 Å². The van der Waals surface area contributed by atoms with Crippen LogP contribution in [0.5, 0.6) is 5.75 Å². The van der Waals surface area contributed by atoms with Crippen molar-refractivity contribution in [3.63, 3.8) is 0 Å². The molecule has 0 saturated heterocycles. The van der Waals surface area contributed by atoms with Crippen molar-refractivity contribution in [3.8, 4) is 5.75 Å². The minimum absolute atomic E-state index is 0.0938. The summed E-state index contributed by atoms with van der Waals surface area (Å²) in [6.07, 6.45) is 2.39. The van der Waals surface area contributed by atoms with E-state index in [9.17, 15) is 4.79 Å². The fraction of sp³-hybridized carbons (Fsp3) is 0.500. The highest BCUT2D eigenvalue weighted by atomic mass is 16.5. The van der Waals surface area contributed by atoms with Gasteiger partial charge in [-0.2, -0.15) is 0 Å².